The minimum Gasteiger partial charge on any atom is -0.382 e. The van der Waals surface area contributed by atoms with Crippen LogP contribution < -0.4 is 4.18 Å². The number of halogens is 1. The fourth-order valence-corrected chi connectivity index (χ4v) is 3.07. The highest BCUT2D eigenvalue weighted by atomic mass is 35.5. The number of carbonyl (C=O) groups excluding carboxylic acids is 1. The minimum atomic E-state index is -3.67. The Hall–Kier alpha value is -1.27. The predicted molar refractivity (Wildman–Crippen MR) is 101 cm³/mol. The van der Waals surface area contributed by atoms with Gasteiger partial charge in [-0.05, 0) is 29.5 Å². The van der Waals surface area contributed by atoms with Gasteiger partial charge in [0.25, 0.3) is 0 Å². The topological polar surface area (TPSA) is 63.7 Å². The third kappa shape index (κ3) is 8.59. The van der Waals surface area contributed by atoms with Crippen molar-refractivity contribution in [3.8, 4) is 5.75 Å². The average Bonchev–Trinajstić information content (AvgIpc) is 2.37. The quantitative estimate of drug-likeness (QED) is 0.658. The highest BCUT2D eigenvalue weighted by molar-refractivity contribution is 7.86. The average molecular weight is 390 g/mol. The zero-order valence-corrected chi connectivity index (χ0v) is 17.4. The molecule has 0 fully saturated rings. The lowest BCUT2D eigenvalue weighted by Crippen LogP contribution is -2.36. The van der Waals surface area contributed by atoms with Crippen LogP contribution in [-0.4, -0.2) is 32.0 Å². The van der Waals surface area contributed by atoms with Crippen LogP contribution >= 0.6 is 11.6 Å². The Bertz CT molecular complexity index is 708. The molecule has 25 heavy (non-hydrogen) atoms. The van der Waals surface area contributed by atoms with Crippen LogP contribution in [0, 0.1) is 11.3 Å². The molecule has 0 N–H and O–H groups in total. The molecule has 142 valence electrons. The zero-order valence-electron chi connectivity index (χ0n) is 15.8. The second-order valence-electron chi connectivity index (χ2n) is 7.95. The van der Waals surface area contributed by atoms with Crippen molar-refractivity contribution in [2.45, 2.75) is 47.6 Å². The Morgan fingerprint density at radius 1 is 1.28 bits per heavy atom. The molecule has 1 aromatic rings. The summed E-state index contributed by atoms with van der Waals surface area (Å²) in [4.78, 5) is 14.4. The van der Waals surface area contributed by atoms with Crippen LogP contribution in [0.3, 0.4) is 0 Å². The molecule has 0 saturated heterocycles. The number of carbonyl (C=O) groups is 1. The first kappa shape index (κ1) is 21.8. The van der Waals surface area contributed by atoms with Crippen LogP contribution in [0.25, 0.3) is 0 Å². The van der Waals surface area contributed by atoms with Gasteiger partial charge in [0.1, 0.15) is 5.75 Å². The molecule has 0 aromatic heterocycles. The van der Waals surface area contributed by atoms with Gasteiger partial charge in [0.2, 0.25) is 5.91 Å². The number of hydrogen-bond donors (Lipinski definition) is 0. The van der Waals surface area contributed by atoms with Crippen molar-refractivity contribution in [3.05, 3.63) is 28.8 Å². The van der Waals surface area contributed by atoms with Gasteiger partial charge < -0.3 is 9.08 Å². The van der Waals surface area contributed by atoms with E-state index in [4.69, 9.17) is 15.8 Å². The molecular formula is C18H28ClNO4S. The molecular weight excluding hydrogens is 362 g/mol. The van der Waals surface area contributed by atoms with E-state index in [-0.39, 0.29) is 29.5 Å². The van der Waals surface area contributed by atoms with E-state index in [0.717, 1.165) is 6.26 Å². The van der Waals surface area contributed by atoms with Crippen molar-refractivity contribution < 1.29 is 17.4 Å². The number of hydrogen-bond acceptors (Lipinski definition) is 4. The summed E-state index contributed by atoms with van der Waals surface area (Å²) in [6.45, 7) is 10.9. The Balaban J connectivity index is 3.14. The van der Waals surface area contributed by atoms with Gasteiger partial charge in [-0.15, -0.1) is 0 Å². The maximum Gasteiger partial charge on any atom is 0.306 e. The van der Waals surface area contributed by atoms with E-state index >= 15 is 0 Å². The summed E-state index contributed by atoms with van der Waals surface area (Å²) >= 11 is 6.05. The van der Waals surface area contributed by atoms with Gasteiger partial charge >= 0.3 is 10.1 Å². The highest BCUT2D eigenvalue weighted by Gasteiger charge is 2.23. The van der Waals surface area contributed by atoms with Crippen molar-refractivity contribution in [3.63, 3.8) is 0 Å². The molecule has 0 aliphatic carbocycles. The molecule has 1 rings (SSSR count). The summed E-state index contributed by atoms with van der Waals surface area (Å²) in [5.41, 5.74) is 0.438. The predicted octanol–water partition coefficient (Wildman–Crippen LogP) is 4.10. The molecule has 0 atom stereocenters. The lowest BCUT2D eigenvalue weighted by atomic mass is 9.91. The number of nitrogens with zero attached hydrogens (tertiary/aromatic N) is 1. The van der Waals surface area contributed by atoms with Gasteiger partial charge in [0, 0.05) is 30.1 Å². The lowest BCUT2D eigenvalue weighted by Gasteiger charge is -2.28. The fraction of sp³-hybridized carbons (Fsp3) is 0.611. The van der Waals surface area contributed by atoms with Gasteiger partial charge in [0.15, 0.2) is 0 Å². The summed E-state index contributed by atoms with van der Waals surface area (Å²) in [5.74, 6) is 0.498. The first-order chi connectivity index (χ1) is 11.3. The summed E-state index contributed by atoms with van der Waals surface area (Å²) < 4.78 is 28.0. The molecule has 0 saturated carbocycles. The molecule has 0 heterocycles. The molecule has 1 amide bonds. The van der Waals surface area contributed by atoms with Crippen LogP contribution in [0.1, 0.15) is 46.6 Å². The van der Waals surface area contributed by atoms with E-state index in [2.05, 4.69) is 0 Å². The number of amides is 1. The summed E-state index contributed by atoms with van der Waals surface area (Å²) in [6, 6.07) is 4.72. The number of rotatable bonds is 7. The molecule has 5 nitrogen and oxygen atoms in total. The van der Waals surface area contributed by atoms with E-state index in [1.807, 2.05) is 34.6 Å². The van der Waals surface area contributed by atoms with Crippen LogP contribution in [0.15, 0.2) is 18.2 Å². The third-order valence-corrected chi connectivity index (χ3v) is 3.96. The monoisotopic (exact) mass is 389 g/mol. The van der Waals surface area contributed by atoms with E-state index in [1.165, 1.54) is 6.07 Å². The van der Waals surface area contributed by atoms with Crippen LogP contribution in [0.2, 0.25) is 5.02 Å². The van der Waals surface area contributed by atoms with Crippen molar-refractivity contribution in [1.82, 2.24) is 4.90 Å². The van der Waals surface area contributed by atoms with Crippen molar-refractivity contribution in [2.75, 3.05) is 12.8 Å². The largest absolute Gasteiger partial charge is 0.382 e. The molecule has 1 aromatic carbocycles. The maximum atomic E-state index is 12.7. The minimum absolute atomic E-state index is 0.0199. The SMILES string of the molecule is CC(C)CN(Cc1cc(Cl)ccc1OS(C)(=O)=O)C(=O)CC(C)(C)C. The van der Waals surface area contributed by atoms with Crippen molar-refractivity contribution >= 4 is 27.6 Å². The van der Waals surface area contributed by atoms with Crippen molar-refractivity contribution in [1.29, 1.82) is 0 Å². The molecule has 0 radical (unpaired) electrons. The van der Waals surface area contributed by atoms with E-state index in [0.29, 0.717) is 23.6 Å². The molecule has 7 heteroatoms. The molecule has 0 aliphatic heterocycles. The van der Waals surface area contributed by atoms with Gasteiger partial charge in [-0.1, -0.05) is 46.2 Å². The van der Waals surface area contributed by atoms with Gasteiger partial charge in [-0.25, -0.2) is 0 Å². The third-order valence-electron chi connectivity index (χ3n) is 3.24. The summed E-state index contributed by atoms with van der Waals surface area (Å²) in [7, 11) is -3.67. The van der Waals surface area contributed by atoms with E-state index in [1.54, 1.807) is 17.0 Å². The smallest absolute Gasteiger partial charge is 0.306 e. The van der Waals surface area contributed by atoms with E-state index < -0.39 is 10.1 Å². The first-order valence-corrected chi connectivity index (χ1v) is 10.4. The molecule has 0 spiro atoms. The summed E-state index contributed by atoms with van der Waals surface area (Å²) in [6.07, 6.45) is 1.39. The van der Waals surface area contributed by atoms with Crippen LogP contribution in [0.5, 0.6) is 5.75 Å². The Morgan fingerprint density at radius 3 is 2.36 bits per heavy atom. The second-order valence-corrected chi connectivity index (χ2v) is 9.96. The van der Waals surface area contributed by atoms with Crippen LogP contribution in [0.4, 0.5) is 0 Å². The normalized spacial score (nSPS) is 12.3. The lowest BCUT2D eigenvalue weighted by molar-refractivity contribution is -0.134. The Labute approximate surface area is 156 Å². The zero-order chi connectivity index (χ0) is 19.4. The van der Waals surface area contributed by atoms with Gasteiger partial charge in [-0.3, -0.25) is 4.79 Å². The standard InChI is InChI=1S/C18H28ClNO4S/c1-13(2)11-20(17(21)10-18(3,4)5)12-14-9-15(19)7-8-16(14)24-25(6,22)23/h7-9,13H,10-12H2,1-6H3. The Morgan fingerprint density at radius 2 is 1.88 bits per heavy atom. The first-order valence-electron chi connectivity index (χ1n) is 8.22. The maximum absolute atomic E-state index is 12.7. The van der Waals surface area contributed by atoms with Gasteiger partial charge in [-0.2, -0.15) is 8.42 Å². The van der Waals surface area contributed by atoms with Crippen molar-refractivity contribution in [2.24, 2.45) is 11.3 Å². The molecule has 0 bridgehead atoms. The second kappa shape index (κ2) is 8.41. The highest BCUT2D eigenvalue weighted by Crippen LogP contribution is 2.27. The number of benzene rings is 1. The molecule has 0 aliphatic rings. The summed E-state index contributed by atoms with van der Waals surface area (Å²) in [5, 5.41) is 0.462. The Kier molecular flexibility index (Phi) is 7.32. The fourth-order valence-electron chi connectivity index (χ4n) is 2.38. The van der Waals surface area contributed by atoms with E-state index in [9.17, 15) is 13.2 Å². The molecule has 0 unspecified atom stereocenters. The van der Waals surface area contributed by atoms with Gasteiger partial charge in [0.05, 0.1) is 6.26 Å². The van der Waals surface area contributed by atoms with Crippen LogP contribution in [-0.2, 0) is 21.5 Å².